The Morgan fingerprint density at radius 1 is 1.16 bits per heavy atom. The van der Waals surface area contributed by atoms with Crippen LogP contribution in [0.3, 0.4) is 0 Å². The van der Waals surface area contributed by atoms with Gasteiger partial charge in [-0.15, -0.1) is 12.4 Å². The highest BCUT2D eigenvalue weighted by Crippen LogP contribution is 2.63. The monoisotopic (exact) mass is 552 g/mol. The van der Waals surface area contributed by atoms with Crippen LogP contribution in [0.25, 0.3) is 16.8 Å². The number of halogens is 2. The lowest BCUT2D eigenvalue weighted by Gasteiger charge is -2.37. The molecule has 4 fully saturated rings. The maximum absolute atomic E-state index is 12.9. The van der Waals surface area contributed by atoms with Crippen molar-refractivity contribution in [2.75, 3.05) is 24.5 Å². The van der Waals surface area contributed by atoms with Gasteiger partial charge in [0.05, 0.1) is 35.3 Å². The normalized spacial score (nSPS) is 30.2. The largest absolute Gasteiger partial charge is 0.366 e. The van der Waals surface area contributed by atoms with Gasteiger partial charge in [0, 0.05) is 35.9 Å². The van der Waals surface area contributed by atoms with E-state index in [1.807, 2.05) is 36.7 Å². The molecule has 0 spiro atoms. The molecule has 8 nitrogen and oxygen atoms in total. The third kappa shape index (κ3) is 3.32. The van der Waals surface area contributed by atoms with E-state index >= 15 is 0 Å². The van der Waals surface area contributed by atoms with E-state index in [0.29, 0.717) is 17.9 Å². The smallest absolute Gasteiger partial charge is 0.233 e. The highest BCUT2D eigenvalue weighted by Gasteiger charge is 2.72. The van der Waals surface area contributed by atoms with Gasteiger partial charge in [0.1, 0.15) is 6.33 Å². The molecule has 1 N–H and O–H groups in total. The first-order valence-electron chi connectivity index (χ1n) is 13.3. The number of amides is 2. The fourth-order valence-corrected chi connectivity index (χ4v) is 7.66. The molecular weight excluding hydrogens is 523 g/mol. The van der Waals surface area contributed by atoms with E-state index in [1.54, 1.807) is 6.33 Å². The van der Waals surface area contributed by atoms with Gasteiger partial charge in [-0.3, -0.25) is 14.5 Å². The Labute approximate surface area is 232 Å². The van der Waals surface area contributed by atoms with E-state index in [2.05, 4.69) is 21.4 Å². The van der Waals surface area contributed by atoms with Crippen molar-refractivity contribution >= 4 is 47.0 Å². The average molecular weight is 553 g/mol. The summed E-state index contributed by atoms with van der Waals surface area (Å²) in [5.74, 6) is 0.827. The lowest BCUT2D eigenvalue weighted by atomic mass is 9.94. The van der Waals surface area contributed by atoms with E-state index in [4.69, 9.17) is 16.6 Å². The number of nitrogens with one attached hydrogen (secondary N) is 1. The van der Waals surface area contributed by atoms with Crippen molar-refractivity contribution in [3.05, 3.63) is 46.9 Å². The SMILES string of the molecule is CC1(C)C2C(=O)N(Cc3cc4c(-c5cc(Cl)cc6c5N(C5CCNC5)CC5CC65)ncnn4c3)C(=O)C21.Cl. The van der Waals surface area contributed by atoms with Gasteiger partial charge in [0.2, 0.25) is 11.8 Å². The van der Waals surface area contributed by atoms with Crippen molar-refractivity contribution in [1.29, 1.82) is 0 Å². The number of piperidine rings is 1. The van der Waals surface area contributed by atoms with Crippen LogP contribution in [0.5, 0.6) is 0 Å². The Morgan fingerprint density at radius 3 is 2.68 bits per heavy atom. The lowest BCUT2D eigenvalue weighted by Crippen LogP contribution is -2.41. The topological polar surface area (TPSA) is 82.8 Å². The molecule has 198 valence electrons. The molecule has 5 atom stereocenters. The third-order valence-corrected chi connectivity index (χ3v) is 9.79. The molecule has 5 heterocycles. The van der Waals surface area contributed by atoms with Gasteiger partial charge in [-0.25, -0.2) is 9.50 Å². The van der Waals surface area contributed by atoms with Gasteiger partial charge in [-0.1, -0.05) is 25.4 Å². The molecule has 2 aliphatic carbocycles. The van der Waals surface area contributed by atoms with Gasteiger partial charge in [0.15, 0.2) is 0 Å². The fourth-order valence-electron chi connectivity index (χ4n) is 7.43. The fraction of sp³-hybridized carbons (Fsp3) is 0.500. The Bertz CT molecular complexity index is 1490. The van der Waals surface area contributed by atoms with Crippen LogP contribution in [-0.2, 0) is 16.1 Å². The highest BCUT2D eigenvalue weighted by atomic mass is 35.5. The number of nitrogens with zero attached hydrogens (tertiary/aromatic N) is 5. The second-order valence-electron chi connectivity index (χ2n) is 12.1. The minimum atomic E-state index is -0.207. The molecule has 38 heavy (non-hydrogen) atoms. The molecule has 5 aliphatic rings. The van der Waals surface area contributed by atoms with Crippen LogP contribution in [0.2, 0.25) is 5.02 Å². The number of anilines is 1. The molecule has 2 saturated heterocycles. The van der Waals surface area contributed by atoms with E-state index in [9.17, 15) is 9.59 Å². The minimum Gasteiger partial charge on any atom is -0.366 e. The summed E-state index contributed by atoms with van der Waals surface area (Å²) in [4.78, 5) is 34.6. The van der Waals surface area contributed by atoms with Crippen LogP contribution < -0.4 is 10.2 Å². The first-order chi connectivity index (χ1) is 17.8. The van der Waals surface area contributed by atoms with Crippen LogP contribution in [0.1, 0.15) is 43.7 Å². The molecule has 2 amide bonds. The van der Waals surface area contributed by atoms with Crippen molar-refractivity contribution in [3.8, 4) is 11.3 Å². The number of aromatic nitrogens is 3. The van der Waals surface area contributed by atoms with Crippen molar-refractivity contribution in [2.24, 2.45) is 23.2 Å². The number of carbonyl (C=O) groups is 2. The summed E-state index contributed by atoms with van der Waals surface area (Å²) in [5, 5.41) is 8.72. The molecule has 10 heteroatoms. The number of imide groups is 1. The molecule has 1 aromatic carbocycles. The summed E-state index contributed by atoms with van der Waals surface area (Å²) in [7, 11) is 0. The summed E-state index contributed by atoms with van der Waals surface area (Å²) >= 11 is 6.70. The summed E-state index contributed by atoms with van der Waals surface area (Å²) in [5.41, 5.74) is 5.98. The Kier molecular flexibility index (Phi) is 5.23. The van der Waals surface area contributed by atoms with Gasteiger partial charge >= 0.3 is 0 Å². The number of rotatable bonds is 4. The second-order valence-corrected chi connectivity index (χ2v) is 12.6. The van der Waals surface area contributed by atoms with E-state index in [1.165, 1.54) is 22.6 Å². The van der Waals surface area contributed by atoms with E-state index in [-0.39, 0.29) is 48.0 Å². The molecule has 5 unspecified atom stereocenters. The minimum absolute atomic E-state index is 0. The van der Waals surface area contributed by atoms with Crippen LogP contribution in [0.15, 0.2) is 30.7 Å². The molecule has 8 rings (SSSR count). The summed E-state index contributed by atoms with van der Waals surface area (Å²) < 4.78 is 1.81. The lowest BCUT2D eigenvalue weighted by molar-refractivity contribution is -0.143. The number of likely N-dealkylation sites (tertiary alicyclic amines) is 1. The Balaban J connectivity index is 0.00000242. The van der Waals surface area contributed by atoms with Gasteiger partial charge < -0.3 is 10.2 Å². The van der Waals surface area contributed by atoms with Crippen molar-refractivity contribution in [1.82, 2.24) is 24.8 Å². The zero-order valence-electron chi connectivity index (χ0n) is 21.4. The number of fused-ring (bicyclic) bond motifs is 5. The predicted octanol–water partition coefficient (Wildman–Crippen LogP) is 3.90. The Hall–Kier alpha value is -2.68. The zero-order valence-corrected chi connectivity index (χ0v) is 22.9. The molecule has 2 saturated carbocycles. The molecular formula is C28H30Cl2N6O2. The average Bonchev–Trinajstić information content (AvgIpc) is 3.48. The summed E-state index contributed by atoms with van der Waals surface area (Å²) in [6, 6.07) is 6.67. The van der Waals surface area contributed by atoms with Crippen LogP contribution in [0, 0.1) is 23.2 Å². The Morgan fingerprint density at radius 2 is 1.95 bits per heavy atom. The maximum Gasteiger partial charge on any atom is 0.233 e. The van der Waals surface area contributed by atoms with Gasteiger partial charge in [-0.05, 0) is 66.0 Å². The number of hydrogen-bond donors (Lipinski definition) is 1. The molecule has 2 aromatic heterocycles. The predicted molar refractivity (Wildman–Crippen MR) is 146 cm³/mol. The van der Waals surface area contributed by atoms with Crippen LogP contribution in [-0.4, -0.2) is 57.0 Å². The van der Waals surface area contributed by atoms with Gasteiger partial charge in [0.25, 0.3) is 0 Å². The number of benzene rings is 1. The number of carbonyl (C=O) groups excluding carboxylic acids is 2. The first-order valence-corrected chi connectivity index (χ1v) is 13.7. The van der Waals surface area contributed by atoms with Crippen molar-refractivity contribution in [3.63, 3.8) is 0 Å². The molecule has 3 aromatic rings. The van der Waals surface area contributed by atoms with Crippen molar-refractivity contribution < 1.29 is 9.59 Å². The summed E-state index contributed by atoms with van der Waals surface area (Å²) in [6.07, 6.45) is 5.83. The van der Waals surface area contributed by atoms with E-state index < -0.39 is 0 Å². The summed E-state index contributed by atoms with van der Waals surface area (Å²) in [6.45, 7) is 7.38. The highest BCUT2D eigenvalue weighted by molar-refractivity contribution is 6.31. The van der Waals surface area contributed by atoms with Crippen LogP contribution >= 0.6 is 24.0 Å². The van der Waals surface area contributed by atoms with Crippen LogP contribution in [0.4, 0.5) is 5.69 Å². The van der Waals surface area contributed by atoms with E-state index in [0.717, 1.165) is 53.4 Å². The molecule has 3 aliphatic heterocycles. The third-order valence-electron chi connectivity index (χ3n) is 9.57. The zero-order chi connectivity index (χ0) is 25.2. The second kappa shape index (κ2) is 8.16. The molecule has 0 radical (unpaired) electrons. The quantitative estimate of drug-likeness (QED) is 0.494. The first kappa shape index (κ1) is 24.4. The van der Waals surface area contributed by atoms with Gasteiger partial charge in [-0.2, -0.15) is 5.10 Å². The molecule has 0 bridgehead atoms. The standard InChI is InChI=1S/C28H29ClN6O2.ClH/c1-28(2)22-23(28)27(37)34(26(22)36)10-14-5-21-24(31-13-32-35(21)11-14)20-8-16(29)7-19-18-6-15(18)12-33(25(19)20)17-3-4-30-9-17;/h5,7-8,11,13,15,17-18,22-23,30H,3-4,6,9-10,12H2,1-2H3;1H. The maximum atomic E-state index is 12.9. The number of hydrogen-bond acceptors (Lipinski definition) is 6. The van der Waals surface area contributed by atoms with Crippen molar-refractivity contribution in [2.45, 2.75) is 45.2 Å².